The number of carbonyl (C=O) groups excluding carboxylic acids is 2. The van der Waals surface area contributed by atoms with Gasteiger partial charge in [0.05, 0.1) is 5.92 Å². The smallest absolute Gasteiger partial charge is 0.253 e. The van der Waals surface area contributed by atoms with Gasteiger partial charge in [0.15, 0.2) is 0 Å². The molecule has 1 atom stereocenters. The van der Waals surface area contributed by atoms with Crippen molar-refractivity contribution in [1.82, 2.24) is 4.90 Å². The van der Waals surface area contributed by atoms with Crippen LogP contribution in [0.5, 0.6) is 0 Å². The van der Waals surface area contributed by atoms with Crippen LogP contribution in [0.4, 0.5) is 10.1 Å². The van der Waals surface area contributed by atoms with Crippen LogP contribution in [0.2, 0.25) is 5.02 Å². The molecule has 0 aromatic heterocycles. The second-order valence-electron chi connectivity index (χ2n) is 6.09. The van der Waals surface area contributed by atoms with E-state index in [1.54, 1.807) is 29.2 Å². The number of hydrogen-bond donors (Lipinski definition) is 1. The molecule has 1 N–H and O–H groups in total. The van der Waals surface area contributed by atoms with Gasteiger partial charge < -0.3 is 10.2 Å². The van der Waals surface area contributed by atoms with Crippen LogP contribution >= 0.6 is 11.6 Å². The molecular formula is C19H18ClFN2O2. The quantitative estimate of drug-likeness (QED) is 0.900. The molecule has 1 unspecified atom stereocenters. The van der Waals surface area contributed by atoms with E-state index in [1.165, 1.54) is 24.3 Å². The highest BCUT2D eigenvalue weighted by Crippen LogP contribution is 2.21. The molecule has 0 radical (unpaired) electrons. The number of rotatable bonds is 3. The topological polar surface area (TPSA) is 49.4 Å². The van der Waals surface area contributed by atoms with Crippen LogP contribution in [0.1, 0.15) is 23.2 Å². The Morgan fingerprint density at radius 3 is 2.44 bits per heavy atom. The first-order valence-corrected chi connectivity index (χ1v) is 8.52. The third kappa shape index (κ3) is 4.37. The lowest BCUT2D eigenvalue weighted by molar-refractivity contribution is -0.121. The van der Waals surface area contributed by atoms with Crippen molar-refractivity contribution >= 4 is 29.1 Å². The maximum absolute atomic E-state index is 12.9. The van der Waals surface area contributed by atoms with Gasteiger partial charge in [0, 0.05) is 29.4 Å². The molecule has 130 valence electrons. The maximum Gasteiger partial charge on any atom is 0.253 e. The maximum atomic E-state index is 12.9. The molecule has 1 saturated heterocycles. The number of hydrogen-bond acceptors (Lipinski definition) is 2. The molecule has 0 bridgehead atoms. The molecule has 2 amide bonds. The summed E-state index contributed by atoms with van der Waals surface area (Å²) in [5.74, 6) is -0.887. The number of halogens is 2. The molecule has 2 aromatic rings. The number of nitrogens with one attached hydrogen (secondary N) is 1. The summed E-state index contributed by atoms with van der Waals surface area (Å²) in [7, 11) is 0. The summed E-state index contributed by atoms with van der Waals surface area (Å²) in [6, 6.07) is 12.4. The summed E-state index contributed by atoms with van der Waals surface area (Å²) in [6.07, 6.45) is 1.48. The van der Waals surface area contributed by atoms with E-state index in [0.29, 0.717) is 29.4 Å². The van der Waals surface area contributed by atoms with Crippen LogP contribution < -0.4 is 5.32 Å². The van der Waals surface area contributed by atoms with Gasteiger partial charge in [0.2, 0.25) is 5.91 Å². The predicted molar refractivity (Wildman–Crippen MR) is 95.1 cm³/mol. The van der Waals surface area contributed by atoms with Gasteiger partial charge in [-0.3, -0.25) is 9.59 Å². The highest BCUT2D eigenvalue weighted by molar-refractivity contribution is 6.30. The minimum Gasteiger partial charge on any atom is -0.338 e. The molecular weight excluding hydrogens is 343 g/mol. The Balaban J connectivity index is 1.63. The van der Waals surface area contributed by atoms with E-state index in [9.17, 15) is 14.0 Å². The van der Waals surface area contributed by atoms with Gasteiger partial charge in [0.1, 0.15) is 5.82 Å². The zero-order valence-corrected chi connectivity index (χ0v) is 14.3. The summed E-state index contributed by atoms with van der Waals surface area (Å²) in [6.45, 7) is 0.996. The Bertz CT molecular complexity index is 762. The summed E-state index contributed by atoms with van der Waals surface area (Å²) in [4.78, 5) is 26.7. The lowest BCUT2D eigenvalue weighted by atomic mass is 9.96. The Kier molecular flexibility index (Phi) is 5.34. The highest BCUT2D eigenvalue weighted by atomic mass is 35.5. The highest BCUT2D eigenvalue weighted by Gasteiger charge is 2.29. The van der Waals surface area contributed by atoms with Crippen LogP contribution in [0.3, 0.4) is 0 Å². The van der Waals surface area contributed by atoms with E-state index in [0.717, 1.165) is 12.8 Å². The Labute approximate surface area is 150 Å². The monoisotopic (exact) mass is 360 g/mol. The Morgan fingerprint density at radius 2 is 1.76 bits per heavy atom. The first-order valence-electron chi connectivity index (χ1n) is 8.14. The van der Waals surface area contributed by atoms with E-state index in [2.05, 4.69) is 5.32 Å². The van der Waals surface area contributed by atoms with Gasteiger partial charge >= 0.3 is 0 Å². The van der Waals surface area contributed by atoms with Crippen LogP contribution in [0.15, 0.2) is 48.5 Å². The van der Waals surface area contributed by atoms with Crippen molar-refractivity contribution in [2.45, 2.75) is 12.8 Å². The molecule has 0 aliphatic carbocycles. The zero-order valence-electron chi connectivity index (χ0n) is 13.5. The van der Waals surface area contributed by atoms with Crippen LogP contribution in [-0.4, -0.2) is 29.8 Å². The first-order chi connectivity index (χ1) is 12.0. The van der Waals surface area contributed by atoms with Gasteiger partial charge in [-0.15, -0.1) is 0 Å². The van der Waals surface area contributed by atoms with E-state index in [-0.39, 0.29) is 23.5 Å². The third-order valence-electron chi connectivity index (χ3n) is 4.28. The molecule has 4 nitrogen and oxygen atoms in total. The number of carbonyl (C=O) groups is 2. The van der Waals surface area contributed by atoms with Crippen LogP contribution in [-0.2, 0) is 4.79 Å². The van der Waals surface area contributed by atoms with Crippen molar-refractivity contribution in [1.29, 1.82) is 0 Å². The Hall–Kier alpha value is -2.40. The molecule has 2 aromatic carbocycles. The minimum absolute atomic E-state index is 0.101. The van der Waals surface area contributed by atoms with Gasteiger partial charge in [-0.2, -0.15) is 0 Å². The summed E-state index contributed by atoms with van der Waals surface area (Å²) >= 11 is 5.85. The predicted octanol–water partition coefficient (Wildman–Crippen LogP) is 3.97. The number of piperidine rings is 1. The third-order valence-corrected chi connectivity index (χ3v) is 4.53. The molecule has 25 heavy (non-hydrogen) atoms. The number of benzene rings is 2. The Morgan fingerprint density at radius 1 is 1.08 bits per heavy atom. The van der Waals surface area contributed by atoms with Crippen molar-refractivity contribution in [3.63, 3.8) is 0 Å². The average Bonchev–Trinajstić information content (AvgIpc) is 2.64. The standard InChI is InChI=1S/C19H18ClFN2O2/c20-15-5-3-13(4-6-15)19(25)23-11-1-2-14(12-23)18(24)22-17-9-7-16(21)8-10-17/h3-10,14H,1-2,11-12H2,(H,22,24). The molecule has 1 aliphatic rings. The fourth-order valence-electron chi connectivity index (χ4n) is 2.93. The largest absolute Gasteiger partial charge is 0.338 e. The van der Waals surface area contributed by atoms with Crippen molar-refractivity contribution in [2.24, 2.45) is 5.92 Å². The van der Waals surface area contributed by atoms with Gasteiger partial charge in [-0.05, 0) is 61.4 Å². The molecule has 0 saturated carbocycles. The molecule has 0 spiro atoms. The van der Waals surface area contributed by atoms with Gasteiger partial charge in [-0.25, -0.2) is 4.39 Å². The second-order valence-corrected chi connectivity index (χ2v) is 6.53. The van der Waals surface area contributed by atoms with Crippen molar-refractivity contribution < 1.29 is 14.0 Å². The average molecular weight is 361 g/mol. The fourth-order valence-corrected chi connectivity index (χ4v) is 3.05. The molecule has 3 rings (SSSR count). The lowest BCUT2D eigenvalue weighted by Gasteiger charge is -2.32. The van der Waals surface area contributed by atoms with Crippen molar-refractivity contribution in [3.8, 4) is 0 Å². The number of nitrogens with zero attached hydrogens (tertiary/aromatic N) is 1. The number of anilines is 1. The van der Waals surface area contributed by atoms with E-state index >= 15 is 0 Å². The fraction of sp³-hybridized carbons (Fsp3) is 0.263. The van der Waals surface area contributed by atoms with Crippen molar-refractivity contribution in [2.75, 3.05) is 18.4 Å². The summed E-state index contributed by atoms with van der Waals surface area (Å²) < 4.78 is 12.9. The summed E-state index contributed by atoms with van der Waals surface area (Å²) in [5, 5.41) is 3.36. The van der Waals surface area contributed by atoms with Crippen molar-refractivity contribution in [3.05, 3.63) is 64.9 Å². The molecule has 1 heterocycles. The summed E-state index contributed by atoms with van der Waals surface area (Å²) in [5.41, 5.74) is 1.11. The van der Waals surface area contributed by atoms with E-state index < -0.39 is 0 Å². The molecule has 1 aliphatic heterocycles. The van der Waals surface area contributed by atoms with E-state index in [4.69, 9.17) is 11.6 Å². The minimum atomic E-state index is -0.351. The molecule has 6 heteroatoms. The molecule has 1 fully saturated rings. The first kappa shape index (κ1) is 17.4. The lowest BCUT2D eigenvalue weighted by Crippen LogP contribution is -2.43. The zero-order chi connectivity index (χ0) is 17.8. The normalized spacial score (nSPS) is 17.2. The van der Waals surface area contributed by atoms with E-state index in [1.807, 2.05) is 0 Å². The van der Waals surface area contributed by atoms with Crippen LogP contribution in [0.25, 0.3) is 0 Å². The number of amides is 2. The number of likely N-dealkylation sites (tertiary alicyclic amines) is 1. The second kappa shape index (κ2) is 7.66. The van der Waals surface area contributed by atoms with Gasteiger partial charge in [0.25, 0.3) is 5.91 Å². The SMILES string of the molecule is O=C(Nc1ccc(F)cc1)C1CCCN(C(=O)c2ccc(Cl)cc2)C1. The van der Waals surface area contributed by atoms with Gasteiger partial charge in [-0.1, -0.05) is 11.6 Å². The van der Waals surface area contributed by atoms with Crippen LogP contribution in [0, 0.1) is 11.7 Å².